The number of rotatable bonds is 14. The van der Waals surface area contributed by atoms with Gasteiger partial charge in [0.2, 0.25) is 11.8 Å². The summed E-state index contributed by atoms with van der Waals surface area (Å²) in [6, 6.07) is 15.5. The van der Waals surface area contributed by atoms with Crippen molar-refractivity contribution >= 4 is 47.2 Å². The van der Waals surface area contributed by atoms with E-state index in [1.54, 1.807) is 76.2 Å². The maximum atomic E-state index is 14.3. The standard InChI is InChI=1S/C38H46ClN5O8/c1-23-18-26(45)20-32-27(23)21-30(43-37(50)52-38(2,3)4)35(48)44(32)31(34(47)42-29(33(40)46)19-24-12-6-5-7-13-24)16-10-11-17-41-36(49)51-22-25-14-8-9-15-28(25)39/h5-9,12-15,18,20,29-31,45H,10-11,16-17,19,21-22H2,1-4H3,(H2,40,46)(H,41,49)(H,42,47)(H,43,50)/t29-,30-,31-/m0/s1. The topological polar surface area (TPSA) is 189 Å². The number of hydrogen-bond donors (Lipinski definition) is 5. The molecule has 5 amide bonds. The summed E-state index contributed by atoms with van der Waals surface area (Å²) < 4.78 is 10.7. The van der Waals surface area contributed by atoms with Crippen LogP contribution in [0.3, 0.4) is 0 Å². The average molecular weight is 736 g/mol. The largest absolute Gasteiger partial charge is 0.508 e. The Labute approximate surface area is 308 Å². The summed E-state index contributed by atoms with van der Waals surface area (Å²) in [5, 5.41) is 19.1. The molecule has 1 aliphatic heterocycles. The zero-order chi connectivity index (χ0) is 38.0. The number of halogens is 1. The summed E-state index contributed by atoms with van der Waals surface area (Å²) in [4.78, 5) is 67.5. The summed E-state index contributed by atoms with van der Waals surface area (Å²) in [7, 11) is 0. The molecule has 0 bridgehead atoms. The number of alkyl carbamates (subject to hydrolysis) is 2. The fourth-order valence-electron chi connectivity index (χ4n) is 5.90. The van der Waals surface area contributed by atoms with E-state index in [9.17, 15) is 29.1 Å². The van der Waals surface area contributed by atoms with E-state index < -0.39 is 53.6 Å². The van der Waals surface area contributed by atoms with Crippen molar-refractivity contribution in [1.82, 2.24) is 16.0 Å². The van der Waals surface area contributed by atoms with Gasteiger partial charge in [-0.1, -0.05) is 60.1 Å². The van der Waals surface area contributed by atoms with Crippen LogP contribution in [-0.2, 0) is 43.3 Å². The van der Waals surface area contributed by atoms with Crippen molar-refractivity contribution in [3.8, 4) is 5.75 Å². The summed E-state index contributed by atoms with van der Waals surface area (Å²) in [5.74, 6) is -2.15. The fourth-order valence-corrected chi connectivity index (χ4v) is 6.09. The van der Waals surface area contributed by atoms with Crippen LogP contribution in [0, 0.1) is 6.92 Å². The lowest BCUT2D eigenvalue weighted by atomic mass is 9.90. The van der Waals surface area contributed by atoms with Crippen molar-refractivity contribution < 1.29 is 38.6 Å². The molecule has 278 valence electrons. The van der Waals surface area contributed by atoms with Crippen LogP contribution in [0.15, 0.2) is 66.7 Å². The molecule has 0 saturated heterocycles. The number of amides is 5. The third kappa shape index (κ3) is 11.1. The Morgan fingerprint density at radius 1 is 1.02 bits per heavy atom. The third-order valence-electron chi connectivity index (χ3n) is 8.38. The van der Waals surface area contributed by atoms with E-state index >= 15 is 0 Å². The molecular formula is C38H46ClN5O8. The molecule has 0 aliphatic carbocycles. The Morgan fingerprint density at radius 2 is 1.71 bits per heavy atom. The smallest absolute Gasteiger partial charge is 0.408 e. The average Bonchev–Trinajstić information content (AvgIpc) is 3.06. The highest BCUT2D eigenvalue weighted by Gasteiger charge is 2.42. The van der Waals surface area contributed by atoms with Gasteiger partial charge < -0.3 is 36.3 Å². The number of nitrogens with zero attached hydrogens (tertiary/aromatic N) is 1. The Morgan fingerprint density at radius 3 is 2.38 bits per heavy atom. The molecule has 0 radical (unpaired) electrons. The zero-order valence-electron chi connectivity index (χ0n) is 29.7. The van der Waals surface area contributed by atoms with E-state index in [1.807, 2.05) is 6.07 Å². The van der Waals surface area contributed by atoms with Gasteiger partial charge >= 0.3 is 12.2 Å². The summed E-state index contributed by atoms with van der Waals surface area (Å²) in [5.41, 5.74) is 7.89. The second-order valence-electron chi connectivity index (χ2n) is 13.6. The number of carbonyl (C=O) groups is 5. The normalized spacial score (nSPS) is 15.1. The molecule has 52 heavy (non-hydrogen) atoms. The number of fused-ring (bicyclic) bond motifs is 1. The molecule has 4 rings (SSSR count). The molecule has 0 spiro atoms. The number of aromatic hydroxyl groups is 1. The van der Waals surface area contributed by atoms with Crippen LogP contribution in [0.2, 0.25) is 5.02 Å². The predicted molar refractivity (Wildman–Crippen MR) is 196 cm³/mol. The minimum Gasteiger partial charge on any atom is -0.508 e. The van der Waals surface area contributed by atoms with Gasteiger partial charge in [0.05, 0.1) is 5.69 Å². The van der Waals surface area contributed by atoms with Gasteiger partial charge in [-0.3, -0.25) is 19.3 Å². The Balaban J connectivity index is 1.57. The maximum absolute atomic E-state index is 14.3. The number of carbonyl (C=O) groups excluding carboxylic acids is 5. The van der Waals surface area contributed by atoms with Crippen LogP contribution in [0.1, 0.15) is 62.3 Å². The number of aryl methyl sites for hydroxylation is 1. The fraction of sp³-hybridized carbons (Fsp3) is 0.395. The van der Waals surface area contributed by atoms with Gasteiger partial charge in [-0.25, -0.2) is 9.59 Å². The van der Waals surface area contributed by atoms with Crippen molar-refractivity contribution in [2.24, 2.45) is 5.73 Å². The number of primary amides is 1. The lowest BCUT2D eigenvalue weighted by Crippen LogP contribution is -2.61. The first-order valence-electron chi connectivity index (χ1n) is 17.1. The van der Waals surface area contributed by atoms with Crippen LogP contribution >= 0.6 is 11.6 Å². The number of anilines is 1. The second-order valence-corrected chi connectivity index (χ2v) is 14.0. The molecule has 14 heteroatoms. The van der Waals surface area contributed by atoms with Crippen molar-refractivity contribution in [2.45, 2.75) is 90.1 Å². The predicted octanol–water partition coefficient (Wildman–Crippen LogP) is 4.81. The van der Waals surface area contributed by atoms with Crippen LogP contribution in [0.4, 0.5) is 15.3 Å². The SMILES string of the molecule is Cc1cc(O)cc2c1C[C@H](NC(=O)OC(C)(C)C)C(=O)N2[C@@H](CCCCNC(=O)OCc1ccccc1Cl)C(=O)N[C@@H](Cc1ccccc1)C(N)=O. The minimum absolute atomic E-state index is 0.0149. The molecule has 0 aromatic heterocycles. The molecule has 0 unspecified atom stereocenters. The van der Waals surface area contributed by atoms with Crippen molar-refractivity contribution in [3.05, 3.63) is 94.0 Å². The Hall–Kier alpha value is -5.30. The highest BCUT2D eigenvalue weighted by atomic mass is 35.5. The van der Waals surface area contributed by atoms with Gasteiger partial charge in [0, 0.05) is 36.0 Å². The van der Waals surface area contributed by atoms with Gasteiger partial charge in [0.1, 0.15) is 36.1 Å². The van der Waals surface area contributed by atoms with Gasteiger partial charge in [0.15, 0.2) is 0 Å². The first-order chi connectivity index (χ1) is 24.6. The van der Waals surface area contributed by atoms with Crippen LogP contribution in [0.5, 0.6) is 5.75 Å². The van der Waals surface area contributed by atoms with Gasteiger partial charge in [-0.15, -0.1) is 0 Å². The van der Waals surface area contributed by atoms with Crippen molar-refractivity contribution in [3.63, 3.8) is 0 Å². The van der Waals surface area contributed by atoms with Gasteiger partial charge in [-0.05, 0) is 75.8 Å². The Kier molecular flexibility index (Phi) is 13.5. The van der Waals surface area contributed by atoms with E-state index in [2.05, 4.69) is 16.0 Å². The van der Waals surface area contributed by atoms with Gasteiger partial charge in [0.25, 0.3) is 5.91 Å². The molecule has 3 aromatic rings. The molecule has 6 N–H and O–H groups in total. The monoisotopic (exact) mass is 735 g/mol. The number of benzene rings is 3. The molecule has 1 heterocycles. The van der Waals surface area contributed by atoms with E-state index in [0.29, 0.717) is 40.2 Å². The third-order valence-corrected chi connectivity index (χ3v) is 8.74. The zero-order valence-corrected chi connectivity index (χ0v) is 30.5. The highest BCUT2D eigenvalue weighted by molar-refractivity contribution is 6.31. The molecule has 1 aliphatic rings. The Bertz CT molecular complexity index is 1760. The molecule has 0 fully saturated rings. The van der Waals surface area contributed by atoms with E-state index in [0.717, 1.165) is 5.56 Å². The molecule has 3 atom stereocenters. The summed E-state index contributed by atoms with van der Waals surface area (Å²) in [6.45, 7) is 7.03. The van der Waals surface area contributed by atoms with Crippen molar-refractivity contribution in [2.75, 3.05) is 11.4 Å². The number of unbranched alkanes of at least 4 members (excludes halogenated alkanes) is 1. The number of phenolic OH excluding ortho intramolecular Hbond substituents is 1. The van der Waals surface area contributed by atoms with E-state index in [-0.39, 0.29) is 38.2 Å². The molecule has 3 aromatic carbocycles. The second kappa shape index (κ2) is 17.8. The first-order valence-corrected chi connectivity index (χ1v) is 17.4. The van der Waals surface area contributed by atoms with Crippen LogP contribution in [0.25, 0.3) is 0 Å². The molecule has 0 saturated carbocycles. The van der Waals surface area contributed by atoms with Crippen molar-refractivity contribution in [1.29, 1.82) is 0 Å². The van der Waals surface area contributed by atoms with E-state index in [1.165, 1.54) is 17.0 Å². The number of ether oxygens (including phenoxy) is 2. The lowest BCUT2D eigenvalue weighted by Gasteiger charge is -2.40. The summed E-state index contributed by atoms with van der Waals surface area (Å²) >= 11 is 6.14. The molecular weight excluding hydrogens is 690 g/mol. The highest BCUT2D eigenvalue weighted by Crippen LogP contribution is 2.36. The number of hydrogen-bond acceptors (Lipinski definition) is 8. The van der Waals surface area contributed by atoms with Gasteiger partial charge in [-0.2, -0.15) is 0 Å². The lowest BCUT2D eigenvalue weighted by molar-refractivity contribution is -0.130. The van der Waals surface area contributed by atoms with E-state index in [4.69, 9.17) is 26.8 Å². The number of phenols is 1. The molecule has 13 nitrogen and oxygen atoms in total. The quantitative estimate of drug-likeness (QED) is 0.146. The first kappa shape index (κ1) is 39.5. The van der Waals surface area contributed by atoms with Crippen LogP contribution < -0.4 is 26.6 Å². The number of nitrogens with one attached hydrogen (secondary N) is 3. The summed E-state index contributed by atoms with van der Waals surface area (Å²) in [6.07, 6.45) is -0.452. The van der Waals surface area contributed by atoms with Crippen LogP contribution in [-0.4, -0.2) is 65.3 Å². The number of nitrogens with two attached hydrogens (primary N) is 1. The maximum Gasteiger partial charge on any atom is 0.408 e. The minimum atomic E-state index is -1.21.